The van der Waals surface area contributed by atoms with E-state index >= 15 is 0 Å². The second-order valence-electron chi connectivity index (χ2n) is 6.81. The molecule has 2 unspecified atom stereocenters. The zero-order chi connectivity index (χ0) is 13.2. The number of hydrogen-bond acceptors (Lipinski definition) is 4. The van der Waals surface area contributed by atoms with E-state index in [2.05, 4.69) is 30.7 Å². The maximum absolute atomic E-state index is 5.98. The molecule has 2 aliphatic rings. The zero-order valence-electron chi connectivity index (χ0n) is 12.2. The van der Waals surface area contributed by atoms with Gasteiger partial charge in [0.15, 0.2) is 0 Å². The maximum atomic E-state index is 5.98. The first-order chi connectivity index (χ1) is 8.50. The van der Waals surface area contributed by atoms with Crippen molar-refractivity contribution in [2.24, 2.45) is 11.1 Å². The Kier molecular flexibility index (Phi) is 4.64. The molecule has 0 aliphatic carbocycles. The fourth-order valence-electron chi connectivity index (χ4n) is 3.49. The van der Waals surface area contributed by atoms with Crippen molar-refractivity contribution in [3.8, 4) is 0 Å². The van der Waals surface area contributed by atoms with Crippen LogP contribution in [0.1, 0.15) is 26.7 Å². The van der Waals surface area contributed by atoms with Gasteiger partial charge in [-0.25, -0.2) is 0 Å². The molecule has 0 amide bonds. The molecule has 0 aromatic carbocycles. The fourth-order valence-corrected chi connectivity index (χ4v) is 3.49. The van der Waals surface area contributed by atoms with E-state index in [-0.39, 0.29) is 0 Å². The Bertz CT molecular complexity index is 264. The second-order valence-corrected chi connectivity index (χ2v) is 6.81. The number of nitrogens with two attached hydrogens (primary N) is 1. The van der Waals surface area contributed by atoms with E-state index in [4.69, 9.17) is 10.5 Å². The molecule has 4 heteroatoms. The van der Waals surface area contributed by atoms with Crippen LogP contribution in [0.15, 0.2) is 0 Å². The Morgan fingerprint density at radius 3 is 2.72 bits per heavy atom. The first-order valence-corrected chi connectivity index (χ1v) is 7.24. The number of likely N-dealkylation sites (N-methyl/N-ethyl adjacent to an activating group) is 1. The Morgan fingerprint density at radius 2 is 2.11 bits per heavy atom. The Labute approximate surface area is 111 Å². The smallest absolute Gasteiger partial charge is 0.0702 e. The predicted octanol–water partition coefficient (Wildman–Crippen LogP) is 0.766. The van der Waals surface area contributed by atoms with Crippen molar-refractivity contribution in [2.75, 3.05) is 46.4 Å². The fraction of sp³-hybridized carbons (Fsp3) is 1.00. The summed E-state index contributed by atoms with van der Waals surface area (Å²) < 4.78 is 5.79. The van der Waals surface area contributed by atoms with Gasteiger partial charge in [-0.05, 0) is 25.3 Å². The normalized spacial score (nSPS) is 34.7. The molecule has 4 nitrogen and oxygen atoms in total. The Balaban J connectivity index is 2.02. The molecule has 2 saturated heterocycles. The van der Waals surface area contributed by atoms with Crippen molar-refractivity contribution >= 4 is 0 Å². The highest BCUT2D eigenvalue weighted by Crippen LogP contribution is 2.25. The van der Waals surface area contributed by atoms with E-state index in [1.807, 2.05) is 0 Å². The first kappa shape index (κ1) is 14.3. The molecule has 0 aromatic heterocycles. The summed E-state index contributed by atoms with van der Waals surface area (Å²) in [5.41, 5.74) is 6.31. The van der Waals surface area contributed by atoms with Crippen molar-refractivity contribution in [1.82, 2.24) is 9.80 Å². The van der Waals surface area contributed by atoms with Gasteiger partial charge >= 0.3 is 0 Å². The monoisotopic (exact) mass is 255 g/mol. The lowest BCUT2D eigenvalue weighted by Crippen LogP contribution is -2.48. The Hall–Kier alpha value is -0.160. The SMILES string of the molecule is CN1CC(CN)N(CC2CCCO2)CC(C)(C)C1. The van der Waals surface area contributed by atoms with Crippen molar-refractivity contribution < 1.29 is 4.74 Å². The Morgan fingerprint density at radius 1 is 1.33 bits per heavy atom. The molecule has 0 aromatic rings. The van der Waals surface area contributed by atoms with Gasteiger partial charge in [0.05, 0.1) is 6.10 Å². The highest BCUT2D eigenvalue weighted by atomic mass is 16.5. The van der Waals surface area contributed by atoms with Crippen molar-refractivity contribution in [3.63, 3.8) is 0 Å². The predicted molar refractivity (Wildman–Crippen MR) is 74.7 cm³/mol. The van der Waals surface area contributed by atoms with Crippen LogP contribution in [-0.2, 0) is 4.74 Å². The lowest BCUT2D eigenvalue weighted by molar-refractivity contribution is 0.0494. The number of ether oxygens (including phenoxy) is 1. The molecule has 0 radical (unpaired) electrons. The van der Waals surface area contributed by atoms with E-state index in [0.29, 0.717) is 17.6 Å². The van der Waals surface area contributed by atoms with E-state index in [9.17, 15) is 0 Å². The third kappa shape index (κ3) is 3.67. The average Bonchev–Trinajstić information content (AvgIpc) is 2.72. The van der Waals surface area contributed by atoms with E-state index in [1.54, 1.807) is 0 Å². The third-order valence-corrected chi connectivity index (χ3v) is 4.10. The lowest BCUT2D eigenvalue weighted by atomic mass is 9.92. The maximum Gasteiger partial charge on any atom is 0.0702 e. The molecule has 0 bridgehead atoms. The summed E-state index contributed by atoms with van der Waals surface area (Å²) in [4.78, 5) is 4.99. The van der Waals surface area contributed by atoms with Crippen LogP contribution >= 0.6 is 0 Å². The molecule has 2 aliphatic heterocycles. The first-order valence-electron chi connectivity index (χ1n) is 7.24. The summed E-state index contributed by atoms with van der Waals surface area (Å²) in [6, 6.07) is 0.473. The summed E-state index contributed by atoms with van der Waals surface area (Å²) in [5.74, 6) is 0. The molecular weight excluding hydrogens is 226 g/mol. The van der Waals surface area contributed by atoms with Crippen molar-refractivity contribution in [2.45, 2.75) is 38.8 Å². The molecular formula is C14H29N3O. The number of nitrogens with zero attached hydrogens (tertiary/aromatic N) is 2. The average molecular weight is 255 g/mol. The van der Waals surface area contributed by atoms with Gasteiger partial charge in [-0.1, -0.05) is 13.8 Å². The minimum atomic E-state index is 0.331. The number of rotatable bonds is 3. The quantitative estimate of drug-likeness (QED) is 0.809. The second kappa shape index (κ2) is 5.87. The van der Waals surface area contributed by atoms with Crippen LogP contribution in [0.2, 0.25) is 0 Å². The minimum Gasteiger partial charge on any atom is -0.377 e. The highest BCUT2D eigenvalue weighted by Gasteiger charge is 2.33. The van der Waals surface area contributed by atoms with Gasteiger partial charge in [0.2, 0.25) is 0 Å². The molecule has 0 spiro atoms. The number of hydrogen-bond donors (Lipinski definition) is 1. The largest absolute Gasteiger partial charge is 0.377 e. The van der Waals surface area contributed by atoms with Crippen LogP contribution in [0.4, 0.5) is 0 Å². The standard InChI is InChI=1S/C14H29N3O/c1-14(2)10-16(3)8-12(7-15)17(11-14)9-13-5-4-6-18-13/h12-13H,4-11,15H2,1-3H3. The van der Waals surface area contributed by atoms with Gasteiger partial charge in [-0.15, -0.1) is 0 Å². The van der Waals surface area contributed by atoms with E-state index < -0.39 is 0 Å². The van der Waals surface area contributed by atoms with Crippen LogP contribution in [0.3, 0.4) is 0 Å². The zero-order valence-corrected chi connectivity index (χ0v) is 12.2. The lowest BCUT2D eigenvalue weighted by Gasteiger charge is -2.34. The van der Waals surface area contributed by atoms with Crippen molar-refractivity contribution in [3.05, 3.63) is 0 Å². The minimum absolute atomic E-state index is 0.331. The summed E-state index contributed by atoms with van der Waals surface area (Å²) >= 11 is 0. The van der Waals surface area contributed by atoms with Gasteiger partial charge in [-0.2, -0.15) is 0 Å². The molecule has 2 rings (SSSR count). The van der Waals surface area contributed by atoms with Crippen LogP contribution < -0.4 is 5.73 Å². The van der Waals surface area contributed by atoms with E-state index in [0.717, 1.165) is 39.3 Å². The molecule has 2 N–H and O–H groups in total. The summed E-state index contributed by atoms with van der Waals surface area (Å²) in [7, 11) is 2.21. The molecule has 106 valence electrons. The molecule has 18 heavy (non-hydrogen) atoms. The van der Waals surface area contributed by atoms with Crippen molar-refractivity contribution in [1.29, 1.82) is 0 Å². The van der Waals surface area contributed by atoms with Crippen LogP contribution in [0.25, 0.3) is 0 Å². The van der Waals surface area contributed by atoms with Crippen LogP contribution in [0.5, 0.6) is 0 Å². The molecule has 0 saturated carbocycles. The third-order valence-electron chi connectivity index (χ3n) is 4.10. The van der Waals surface area contributed by atoms with Gasteiger partial charge < -0.3 is 15.4 Å². The van der Waals surface area contributed by atoms with Gasteiger partial charge in [0.1, 0.15) is 0 Å². The van der Waals surface area contributed by atoms with Gasteiger partial charge in [0, 0.05) is 45.4 Å². The molecule has 2 atom stereocenters. The summed E-state index contributed by atoms with van der Waals surface area (Å²) in [6.07, 6.45) is 2.86. The molecule has 2 heterocycles. The summed E-state index contributed by atoms with van der Waals surface area (Å²) in [6.45, 7) is 10.8. The molecule has 2 fully saturated rings. The van der Waals surface area contributed by atoms with Gasteiger partial charge in [-0.3, -0.25) is 4.90 Å². The van der Waals surface area contributed by atoms with E-state index in [1.165, 1.54) is 12.8 Å². The van der Waals surface area contributed by atoms with Crippen LogP contribution in [-0.4, -0.2) is 68.3 Å². The van der Waals surface area contributed by atoms with Crippen LogP contribution in [0, 0.1) is 5.41 Å². The van der Waals surface area contributed by atoms with Gasteiger partial charge in [0.25, 0.3) is 0 Å². The summed E-state index contributed by atoms with van der Waals surface area (Å²) in [5, 5.41) is 0. The topological polar surface area (TPSA) is 41.7 Å². The highest BCUT2D eigenvalue weighted by molar-refractivity contribution is 4.89.